The average molecular weight is 264 g/mol. The van der Waals surface area contributed by atoms with Crippen LogP contribution in [0.1, 0.15) is 31.6 Å². The fraction of sp³-hybridized carbons (Fsp3) is 0.538. The molecule has 6 heteroatoms. The quantitative estimate of drug-likeness (QED) is 0.833. The van der Waals surface area contributed by atoms with Gasteiger partial charge >= 0.3 is 0 Å². The second-order valence-electron chi connectivity index (χ2n) is 4.94. The Labute approximate surface area is 110 Å². The number of hydrogen-bond acceptors (Lipinski definition) is 5. The third-order valence-electron chi connectivity index (χ3n) is 3.39. The summed E-state index contributed by atoms with van der Waals surface area (Å²) in [7, 11) is 0. The van der Waals surface area contributed by atoms with Crippen molar-refractivity contribution in [2.75, 3.05) is 11.9 Å². The molecular weight excluding hydrogens is 248 g/mol. The first kappa shape index (κ1) is 12.4. The zero-order valence-corrected chi connectivity index (χ0v) is 10.6. The number of carbonyl (C=O) groups excluding carboxylic acids is 1. The maximum absolute atomic E-state index is 12.0. The maximum atomic E-state index is 12.0. The molecule has 1 amide bonds. The highest BCUT2D eigenvalue weighted by molar-refractivity contribution is 5.94. The summed E-state index contributed by atoms with van der Waals surface area (Å²) in [6, 6.07) is 1.68. The Hall–Kier alpha value is -1.66. The Morgan fingerprint density at radius 2 is 2.37 bits per heavy atom. The summed E-state index contributed by atoms with van der Waals surface area (Å²) in [6.07, 6.45) is 2.21. The van der Waals surface area contributed by atoms with Crippen molar-refractivity contribution in [2.45, 2.75) is 38.1 Å². The van der Waals surface area contributed by atoms with Crippen molar-refractivity contribution in [3.8, 4) is 5.75 Å². The molecule has 0 aromatic carbocycles. The fourth-order valence-electron chi connectivity index (χ4n) is 2.36. The van der Waals surface area contributed by atoms with Crippen LogP contribution >= 0.6 is 0 Å². The van der Waals surface area contributed by atoms with Gasteiger partial charge in [-0.05, 0) is 19.8 Å². The molecule has 1 fully saturated rings. The summed E-state index contributed by atoms with van der Waals surface area (Å²) in [6.45, 7) is 2.17. The number of pyridine rings is 1. The molecule has 1 aromatic heterocycles. The number of nitrogens with zero attached hydrogens (tertiary/aromatic N) is 1. The lowest BCUT2D eigenvalue weighted by atomic mass is 10.2. The number of aromatic nitrogens is 1. The molecule has 2 N–H and O–H groups in total. The zero-order chi connectivity index (χ0) is 13.4. The predicted octanol–water partition coefficient (Wildman–Crippen LogP) is 1.01. The van der Waals surface area contributed by atoms with Gasteiger partial charge in [-0.3, -0.25) is 9.78 Å². The van der Waals surface area contributed by atoms with Gasteiger partial charge in [-0.15, -0.1) is 0 Å². The van der Waals surface area contributed by atoms with Crippen LogP contribution in [0.5, 0.6) is 5.75 Å². The maximum Gasteiger partial charge on any atom is 0.253 e. The lowest BCUT2D eigenvalue weighted by Gasteiger charge is -2.12. The number of amides is 1. The first-order valence-corrected chi connectivity index (χ1v) is 6.40. The highest BCUT2D eigenvalue weighted by Crippen LogP contribution is 2.32. The molecule has 3 heterocycles. The van der Waals surface area contributed by atoms with Crippen molar-refractivity contribution >= 4 is 11.6 Å². The molecule has 3 atom stereocenters. The minimum Gasteiger partial charge on any atom is -0.488 e. The van der Waals surface area contributed by atoms with Crippen LogP contribution < -0.4 is 10.1 Å². The van der Waals surface area contributed by atoms with Crippen molar-refractivity contribution in [2.24, 2.45) is 0 Å². The van der Waals surface area contributed by atoms with E-state index >= 15 is 0 Å². The summed E-state index contributed by atoms with van der Waals surface area (Å²) in [4.78, 5) is 16.1. The molecule has 3 rings (SSSR count). The van der Waals surface area contributed by atoms with Crippen molar-refractivity contribution in [1.82, 2.24) is 4.98 Å². The molecular formula is C13H16N2O4. The summed E-state index contributed by atoms with van der Waals surface area (Å²) >= 11 is 0. The lowest BCUT2D eigenvalue weighted by Crippen LogP contribution is -2.27. The molecule has 0 spiro atoms. The third kappa shape index (κ3) is 2.41. The molecule has 0 saturated carbocycles. The topological polar surface area (TPSA) is 80.7 Å². The second-order valence-corrected chi connectivity index (χ2v) is 4.94. The summed E-state index contributed by atoms with van der Waals surface area (Å²) in [5.41, 5.74) is 1.07. The number of carbonyl (C=O) groups is 1. The Kier molecular flexibility index (Phi) is 3.12. The van der Waals surface area contributed by atoms with Crippen molar-refractivity contribution in [1.29, 1.82) is 0 Å². The van der Waals surface area contributed by atoms with Gasteiger partial charge in [0, 0.05) is 6.07 Å². The number of aliphatic hydroxyl groups excluding tert-OH is 1. The second kappa shape index (κ2) is 4.79. The van der Waals surface area contributed by atoms with E-state index in [1.54, 1.807) is 6.07 Å². The summed E-state index contributed by atoms with van der Waals surface area (Å²) in [5, 5.41) is 12.3. The van der Waals surface area contributed by atoms with E-state index in [0.717, 1.165) is 12.8 Å². The first-order chi connectivity index (χ1) is 9.13. The number of ether oxygens (including phenoxy) is 2. The van der Waals surface area contributed by atoms with Crippen LogP contribution in [0.25, 0.3) is 0 Å². The van der Waals surface area contributed by atoms with Crippen molar-refractivity contribution in [3.05, 3.63) is 18.0 Å². The summed E-state index contributed by atoms with van der Waals surface area (Å²) in [5.74, 6) is 0.357. The van der Waals surface area contributed by atoms with Gasteiger partial charge in [0.25, 0.3) is 5.91 Å². The molecule has 6 nitrogen and oxygen atoms in total. The van der Waals surface area contributed by atoms with E-state index < -0.39 is 12.2 Å². The van der Waals surface area contributed by atoms with Gasteiger partial charge in [-0.25, -0.2) is 0 Å². The van der Waals surface area contributed by atoms with Crippen LogP contribution in [0.15, 0.2) is 12.3 Å². The predicted molar refractivity (Wildman–Crippen MR) is 66.9 cm³/mol. The molecule has 102 valence electrons. The fourth-order valence-corrected chi connectivity index (χ4v) is 2.36. The van der Waals surface area contributed by atoms with E-state index in [2.05, 4.69) is 10.3 Å². The molecule has 0 aliphatic carbocycles. The van der Waals surface area contributed by atoms with Gasteiger partial charge in [-0.1, -0.05) is 0 Å². The van der Waals surface area contributed by atoms with E-state index in [1.165, 1.54) is 6.20 Å². The minimum atomic E-state index is -0.682. The first-order valence-electron chi connectivity index (χ1n) is 6.40. The van der Waals surface area contributed by atoms with E-state index in [4.69, 9.17) is 9.47 Å². The highest BCUT2D eigenvalue weighted by Gasteiger charge is 2.29. The number of fused-ring (bicyclic) bond motifs is 1. The normalized spacial score (nSPS) is 28.8. The van der Waals surface area contributed by atoms with Gasteiger partial charge in [0.15, 0.2) is 0 Å². The highest BCUT2D eigenvalue weighted by atomic mass is 16.5. The number of anilines is 1. The van der Waals surface area contributed by atoms with Crippen LogP contribution in [0.2, 0.25) is 0 Å². The van der Waals surface area contributed by atoms with Gasteiger partial charge in [0.05, 0.1) is 18.0 Å². The van der Waals surface area contributed by atoms with Gasteiger partial charge in [-0.2, -0.15) is 0 Å². The molecule has 0 radical (unpaired) electrons. The van der Waals surface area contributed by atoms with E-state index in [-0.39, 0.29) is 18.6 Å². The molecule has 1 aromatic rings. The molecule has 2 aliphatic rings. The van der Waals surface area contributed by atoms with E-state index in [0.29, 0.717) is 17.1 Å². The van der Waals surface area contributed by atoms with Crippen LogP contribution in [0.4, 0.5) is 5.69 Å². The monoisotopic (exact) mass is 264 g/mol. The van der Waals surface area contributed by atoms with E-state index in [1.807, 2.05) is 6.92 Å². The Morgan fingerprint density at radius 1 is 1.53 bits per heavy atom. The third-order valence-corrected chi connectivity index (χ3v) is 3.39. The Bertz CT molecular complexity index is 505. The number of aliphatic hydroxyl groups is 1. The molecule has 2 aliphatic heterocycles. The van der Waals surface area contributed by atoms with Crippen LogP contribution in [-0.2, 0) is 9.53 Å². The standard InChI is InChI=1S/C13H16N2O4/c1-7-2-3-10(19-7)13(17)15-8-4-11-12(14-5-8)9(16)6-18-11/h4-5,7,9-10,16H,2-3,6H2,1H3,(H,15,17). The van der Waals surface area contributed by atoms with Crippen LogP contribution in [-0.4, -0.2) is 34.8 Å². The summed E-state index contributed by atoms with van der Waals surface area (Å²) < 4.78 is 10.8. The number of nitrogens with one attached hydrogen (secondary N) is 1. The van der Waals surface area contributed by atoms with Crippen LogP contribution in [0, 0.1) is 0 Å². The largest absolute Gasteiger partial charge is 0.488 e. The molecule has 0 bridgehead atoms. The van der Waals surface area contributed by atoms with Gasteiger partial charge < -0.3 is 19.9 Å². The van der Waals surface area contributed by atoms with E-state index in [9.17, 15) is 9.90 Å². The van der Waals surface area contributed by atoms with Crippen molar-refractivity contribution < 1.29 is 19.4 Å². The average Bonchev–Trinajstić information content (AvgIpc) is 2.97. The molecule has 1 saturated heterocycles. The Morgan fingerprint density at radius 3 is 3.11 bits per heavy atom. The minimum absolute atomic E-state index is 0.132. The van der Waals surface area contributed by atoms with Crippen molar-refractivity contribution in [3.63, 3.8) is 0 Å². The smallest absolute Gasteiger partial charge is 0.253 e. The number of hydrogen-bond donors (Lipinski definition) is 2. The zero-order valence-electron chi connectivity index (χ0n) is 10.6. The van der Waals surface area contributed by atoms with Crippen LogP contribution in [0.3, 0.4) is 0 Å². The number of rotatable bonds is 2. The lowest BCUT2D eigenvalue weighted by molar-refractivity contribution is -0.126. The SMILES string of the molecule is CC1CCC(C(=O)Nc2cnc3c(c2)OCC3O)O1. The van der Waals surface area contributed by atoms with Gasteiger partial charge in [0.2, 0.25) is 0 Å². The molecule has 3 unspecified atom stereocenters. The van der Waals surface area contributed by atoms with Gasteiger partial charge in [0.1, 0.15) is 30.3 Å². The molecule has 19 heavy (non-hydrogen) atoms. The Balaban J connectivity index is 1.69.